The molecule has 0 saturated heterocycles. The first kappa shape index (κ1) is 21.0. The molecule has 0 atom stereocenters. The van der Waals surface area contributed by atoms with Crippen LogP contribution in [0.2, 0.25) is 0 Å². The minimum absolute atomic E-state index is 0.00774. The van der Waals surface area contributed by atoms with Crippen LogP contribution in [-0.2, 0) is 16.0 Å². The van der Waals surface area contributed by atoms with E-state index in [2.05, 4.69) is 11.4 Å². The van der Waals surface area contributed by atoms with Gasteiger partial charge in [-0.25, -0.2) is 0 Å². The van der Waals surface area contributed by atoms with Crippen molar-refractivity contribution in [2.45, 2.75) is 51.9 Å². The van der Waals surface area contributed by atoms with Gasteiger partial charge in [-0.3, -0.25) is 9.59 Å². The van der Waals surface area contributed by atoms with Gasteiger partial charge in [-0.2, -0.15) is 0 Å². The summed E-state index contributed by atoms with van der Waals surface area (Å²) in [5.41, 5.74) is 2.61. The van der Waals surface area contributed by atoms with Gasteiger partial charge in [0.1, 0.15) is 5.75 Å². The zero-order chi connectivity index (χ0) is 19.5. The molecule has 1 N–H and O–H groups in total. The predicted molar refractivity (Wildman–Crippen MR) is 108 cm³/mol. The van der Waals surface area contributed by atoms with Crippen LogP contribution in [-0.4, -0.2) is 43.5 Å². The molecule has 0 saturated carbocycles. The van der Waals surface area contributed by atoms with Gasteiger partial charge < -0.3 is 15.0 Å². The maximum atomic E-state index is 12.1. The zero-order valence-corrected chi connectivity index (χ0v) is 16.6. The van der Waals surface area contributed by atoms with Gasteiger partial charge in [-0.15, -0.1) is 0 Å². The fourth-order valence-corrected chi connectivity index (χ4v) is 3.30. The molecule has 1 aromatic rings. The highest BCUT2D eigenvalue weighted by atomic mass is 16.5. The molecule has 27 heavy (non-hydrogen) atoms. The lowest BCUT2D eigenvalue weighted by atomic mass is 9.97. The maximum absolute atomic E-state index is 12.1. The van der Waals surface area contributed by atoms with Crippen LogP contribution in [0.4, 0.5) is 0 Å². The van der Waals surface area contributed by atoms with E-state index in [1.54, 1.807) is 18.9 Å². The molecule has 0 fully saturated rings. The predicted octanol–water partition coefficient (Wildman–Crippen LogP) is 3.48. The first-order valence-corrected chi connectivity index (χ1v) is 9.91. The molecule has 1 aliphatic carbocycles. The third-order valence-electron chi connectivity index (χ3n) is 5.04. The highest BCUT2D eigenvalue weighted by Crippen LogP contribution is 2.20. The average Bonchev–Trinajstić information content (AvgIpc) is 2.69. The highest BCUT2D eigenvalue weighted by Gasteiger charge is 2.12. The summed E-state index contributed by atoms with van der Waals surface area (Å²) in [6.45, 7) is 3.37. The molecule has 0 bridgehead atoms. The largest absolute Gasteiger partial charge is 0.497 e. The van der Waals surface area contributed by atoms with Crippen molar-refractivity contribution >= 4 is 11.8 Å². The number of nitrogens with zero attached hydrogens (tertiary/aromatic N) is 1. The van der Waals surface area contributed by atoms with Crippen LogP contribution in [0.25, 0.3) is 0 Å². The number of ether oxygens (including phenoxy) is 1. The molecule has 5 nitrogen and oxygen atoms in total. The molecule has 0 aromatic heterocycles. The number of amides is 2. The number of hydrogen-bond acceptors (Lipinski definition) is 3. The number of nitrogens with one attached hydrogen (secondary N) is 1. The maximum Gasteiger partial charge on any atom is 0.221 e. The van der Waals surface area contributed by atoms with E-state index in [1.165, 1.54) is 18.4 Å². The molecule has 0 spiro atoms. The van der Waals surface area contributed by atoms with Crippen LogP contribution in [0, 0.1) is 0 Å². The van der Waals surface area contributed by atoms with Gasteiger partial charge >= 0.3 is 0 Å². The van der Waals surface area contributed by atoms with Gasteiger partial charge in [0.2, 0.25) is 11.8 Å². The van der Waals surface area contributed by atoms with Crippen LogP contribution < -0.4 is 10.1 Å². The molecule has 148 valence electrons. The summed E-state index contributed by atoms with van der Waals surface area (Å²) in [7, 11) is 1.64. The van der Waals surface area contributed by atoms with Crippen LogP contribution >= 0.6 is 0 Å². The molecule has 1 aliphatic rings. The summed E-state index contributed by atoms with van der Waals surface area (Å²) >= 11 is 0. The Morgan fingerprint density at radius 2 is 1.89 bits per heavy atom. The van der Waals surface area contributed by atoms with Crippen LogP contribution in [0.3, 0.4) is 0 Å². The number of carbonyl (C=O) groups is 2. The first-order valence-electron chi connectivity index (χ1n) is 9.91. The monoisotopic (exact) mass is 372 g/mol. The SMILES string of the molecule is COc1ccc(CCNC(=O)CCN(CCC2=CCCCC2)C(C)=O)cc1. The zero-order valence-electron chi connectivity index (χ0n) is 16.6. The Morgan fingerprint density at radius 1 is 1.11 bits per heavy atom. The van der Waals surface area contributed by atoms with E-state index in [1.807, 2.05) is 24.3 Å². The van der Waals surface area contributed by atoms with Crippen LogP contribution in [0.15, 0.2) is 35.9 Å². The number of benzene rings is 1. The lowest BCUT2D eigenvalue weighted by molar-refractivity contribution is -0.129. The molecule has 0 unspecified atom stereocenters. The third kappa shape index (κ3) is 7.85. The van der Waals surface area contributed by atoms with Gasteiger partial charge in [-0.05, 0) is 56.2 Å². The second-order valence-electron chi connectivity index (χ2n) is 7.06. The van der Waals surface area contributed by atoms with Crippen molar-refractivity contribution < 1.29 is 14.3 Å². The summed E-state index contributed by atoms with van der Waals surface area (Å²) in [6.07, 6.45) is 9.20. The minimum atomic E-state index is -0.00774. The fourth-order valence-electron chi connectivity index (χ4n) is 3.30. The topological polar surface area (TPSA) is 58.6 Å². The van der Waals surface area contributed by atoms with E-state index in [-0.39, 0.29) is 11.8 Å². The van der Waals surface area contributed by atoms with E-state index in [9.17, 15) is 9.59 Å². The number of carbonyl (C=O) groups excluding carboxylic acids is 2. The summed E-state index contributed by atoms with van der Waals surface area (Å²) in [5, 5.41) is 2.94. The molecule has 2 amide bonds. The first-order chi connectivity index (χ1) is 13.1. The molecule has 0 heterocycles. The quantitative estimate of drug-likeness (QED) is 0.640. The van der Waals surface area contributed by atoms with Crippen molar-refractivity contribution in [2.24, 2.45) is 0 Å². The van der Waals surface area contributed by atoms with Crippen molar-refractivity contribution in [3.8, 4) is 5.75 Å². The lowest BCUT2D eigenvalue weighted by Crippen LogP contribution is -2.35. The Hall–Kier alpha value is -2.30. The molecular formula is C22H32N2O3. The van der Waals surface area contributed by atoms with E-state index in [0.29, 0.717) is 26.1 Å². The second kappa shape index (κ2) is 11.4. The van der Waals surface area contributed by atoms with Crippen molar-refractivity contribution in [1.82, 2.24) is 10.2 Å². The smallest absolute Gasteiger partial charge is 0.221 e. The van der Waals surface area contributed by atoms with Gasteiger partial charge in [0.05, 0.1) is 7.11 Å². The normalized spacial score (nSPS) is 13.6. The van der Waals surface area contributed by atoms with E-state index < -0.39 is 0 Å². The molecular weight excluding hydrogens is 340 g/mol. The molecule has 1 aromatic carbocycles. The Balaban J connectivity index is 1.66. The van der Waals surface area contributed by atoms with E-state index in [0.717, 1.165) is 37.0 Å². The Bertz CT molecular complexity index is 637. The molecule has 5 heteroatoms. The number of hydrogen-bond donors (Lipinski definition) is 1. The number of allylic oxidation sites excluding steroid dienone is 1. The van der Waals surface area contributed by atoms with Crippen LogP contribution in [0.1, 0.15) is 51.0 Å². The van der Waals surface area contributed by atoms with Gasteiger partial charge in [-0.1, -0.05) is 23.8 Å². The average molecular weight is 373 g/mol. The standard InChI is InChI=1S/C22H32N2O3/c1-18(25)24(16-13-19-6-4-3-5-7-19)17-14-22(26)23-15-12-20-8-10-21(27-2)11-9-20/h6,8-11H,3-5,7,12-17H2,1-2H3,(H,23,26). The lowest BCUT2D eigenvalue weighted by Gasteiger charge is -2.22. The Labute approximate surface area is 162 Å². The Kier molecular flexibility index (Phi) is 8.89. The van der Waals surface area contributed by atoms with Gasteiger partial charge in [0, 0.05) is 33.0 Å². The van der Waals surface area contributed by atoms with Gasteiger partial charge in [0.15, 0.2) is 0 Å². The van der Waals surface area contributed by atoms with Crippen molar-refractivity contribution in [2.75, 3.05) is 26.7 Å². The molecule has 0 radical (unpaired) electrons. The number of methoxy groups -OCH3 is 1. The summed E-state index contributed by atoms with van der Waals surface area (Å²) in [5.74, 6) is 0.861. The Morgan fingerprint density at radius 3 is 2.52 bits per heavy atom. The van der Waals surface area contributed by atoms with Crippen molar-refractivity contribution in [3.05, 3.63) is 41.5 Å². The van der Waals surface area contributed by atoms with Crippen LogP contribution in [0.5, 0.6) is 5.75 Å². The third-order valence-corrected chi connectivity index (χ3v) is 5.04. The summed E-state index contributed by atoms with van der Waals surface area (Å²) in [6, 6.07) is 7.85. The number of rotatable bonds is 10. The second-order valence-corrected chi connectivity index (χ2v) is 7.06. The highest BCUT2D eigenvalue weighted by molar-refractivity contribution is 5.78. The summed E-state index contributed by atoms with van der Waals surface area (Å²) in [4.78, 5) is 25.7. The molecule has 0 aliphatic heterocycles. The van der Waals surface area contributed by atoms with Crippen molar-refractivity contribution in [1.29, 1.82) is 0 Å². The van der Waals surface area contributed by atoms with Crippen molar-refractivity contribution in [3.63, 3.8) is 0 Å². The summed E-state index contributed by atoms with van der Waals surface area (Å²) < 4.78 is 5.14. The van der Waals surface area contributed by atoms with E-state index >= 15 is 0 Å². The minimum Gasteiger partial charge on any atom is -0.497 e. The molecule has 2 rings (SSSR count). The fraction of sp³-hybridized carbons (Fsp3) is 0.545. The van der Waals surface area contributed by atoms with E-state index in [4.69, 9.17) is 4.74 Å². The van der Waals surface area contributed by atoms with Gasteiger partial charge in [0.25, 0.3) is 0 Å².